The summed E-state index contributed by atoms with van der Waals surface area (Å²) < 4.78 is 36.8. The minimum atomic E-state index is -1.16. The number of benzene rings is 3. The normalized spacial score (nSPS) is 11.6. The molecular formula is C34H35ClFN7O9. The molecule has 4 rings (SSSR count). The second-order valence-electron chi connectivity index (χ2n) is 10.7. The van der Waals surface area contributed by atoms with E-state index in [2.05, 4.69) is 31.5 Å². The first-order valence-electron chi connectivity index (χ1n) is 15.7. The van der Waals surface area contributed by atoms with E-state index in [-0.39, 0.29) is 47.2 Å². The van der Waals surface area contributed by atoms with Crippen molar-refractivity contribution < 1.29 is 47.6 Å². The third-order valence-corrected chi connectivity index (χ3v) is 7.34. The molecule has 3 aromatic carbocycles. The lowest BCUT2D eigenvalue weighted by Crippen LogP contribution is -2.44. The van der Waals surface area contributed by atoms with E-state index < -0.39 is 35.7 Å². The highest BCUT2D eigenvalue weighted by molar-refractivity contribution is 6.31. The highest BCUT2D eigenvalue weighted by Gasteiger charge is 2.22. The van der Waals surface area contributed by atoms with Crippen LogP contribution in [0.4, 0.5) is 20.6 Å². The number of carboxylic acids is 1. The molecule has 274 valence electrons. The predicted molar refractivity (Wildman–Crippen MR) is 186 cm³/mol. The van der Waals surface area contributed by atoms with Crippen LogP contribution in [0.15, 0.2) is 73.1 Å². The summed E-state index contributed by atoms with van der Waals surface area (Å²) in [6.07, 6.45) is 2.75. The number of hydrogen-bond donors (Lipinski definition) is 4. The number of carboxylic acid groups (broad SMARTS) is 1. The number of ether oxygens (including phenoxy) is 4. The van der Waals surface area contributed by atoms with Crippen molar-refractivity contribution in [1.82, 2.24) is 25.5 Å². The number of halogens is 2. The van der Waals surface area contributed by atoms with E-state index in [1.54, 1.807) is 31.4 Å². The Balaban J connectivity index is 1.40. The molecule has 4 aromatic rings. The zero-order valence-electron chi connectivity index (χ0n) is 27.8. The lowest BCUT2D eigenvalue weighted by atomic mass is 10.0. The summed E-state index contributed by atoms with van der Waals surface area (Å²) in [5.41, 5.74) is 1.46. The minimum absolute atomic E-state index is 0.00271. The molecule has 1 atom stereocenters. The molecule has 0 saturated carbocycles. The molecule has 0 unspecified atom stereocenters. The topological polar surface area (TPSA) is 205 Å². The van der Waals surface area contributed by atoms with Crippen LogP contribution in [-0.4, -0.2) is 102 Å². The Morgan fingerprint density at radius 2 is 1.56 bits per heavy atom. The molecule has 0 aliphatic carbocycles. The Morgan fingerprint density at radius 1 is 0.904 bits per heavy atom. The fourth-order valence-corrected chi connectivity index (χ4v) is 4.64. The van der Waals surface area contributed by atoms with Crippen molar-refractivity contribution in [3.8, 4) is 5.69 Å². The largest absolute Gasteiger partial charge is 0.478 e. The van der Waals surface area contributed by atoms with Crippen LogP contribution in [0.5, 0.6) is 0 Å². The van der Waals surface area contributed by atoms with Gasteiger partial charge in [-0.2, -0.15) is 4.68 Å². The summed E-state index contributed by atoms with van der Waals surface area (Å²) in [5, 5.41) is 27.7. The first-order valence-corrected chi connectivity index (χ1v) is 16.0. The second-order valence-corrected chi connectivity index (χ2v) is 11.1. The third-order valence-electron chi connectivity index (χ3n) is 7.04. The molecule has 0 radical (unpaired) electrons. The summed E-state index contributed by atoms with van der Waals surface area (Å²) in [6, 6.07) is 13.6. The number of rotatable bonds is 19. The van der Waals surface area contributed by atoms with Gasteiger partial charge >= 0.3 is 12.1 Å². The maximum absolute atomic E-state index is 15.0. The van der Waals surface area contributed by atoms with Crippen LogP contribution in [0.2, 0.25) is 5.02 Å². The fraction of sp³-hybridized carbons (Fsp3) is 0.265. The smallest absolute Gasteiger partial charge is 0.411 e. The number of hydrogen-bond acceptors (Lipinski definition) is 11. The van der Waals surface area contributed by atoms with E-state index in [0.29, 0.717) is 37.7 Å². The number of nitrogens with zero attached hydrogens (tertiary/aromatic N) is 4. The highest BCUT2D eigenvalue weighted by atomic mass is 35.5. The number of tetrazole rings is 1. The molecule has 52 heavy (non-hydrogen) atoms. The van der Waals surface area contributed by atoms with Crippen molar-refractivity contribution >= 4 is 52.9 Å². The Bertz CT molecular complexity index is 1830. The van der Waals surface area contributed by atoms with Gasteiger partial charge in [-0.1, -0.05) is 23.7 Å². The molecule has 0 saturated heterocycles. The number of anilines is 2. The summed E-state index contributed by atoms with van der Waals surface area (Å²) in [5.74, 6) is -3.32. The van der Waals surface area contributed by atoms with Crippen LogP contribution in [0.25, 0.3) is 11.8 Å². The van der Waals surface area contributed by atoms with Gasteiger partial charge in [-0.05, 0) is 70.6 Å². The monoisotopic (exact) mass is 739 g/mol. The number of aromatic carboxylic acids is 1. The van der Waals surface area contributed by atoms with Gasteiger partial charge in [-0.3, -0.25) is 14.9 Å². The lowest BCUT2D eigenvalue weighted by molar-refractivity contribution is -0.123. The number of nitrogens with one attached hydrogen (secondary N) is 3. The van der Waals surface area contributed by atoms with Crippen molar-refractivity contribution in [2.45, 2.75) is 12.5 Å². The van der Waals surface area contributed by atoms with Crippen LogP contribution in [-0.2, 0) is 35.0 Å². The third kappa shape index (κ3) is 12.2. The zero-order valence-corrected chi connectivity index (χ0v) is 28.5. The van der Waals surface area contributed by atoms with Crippen molar-refractivity contribution in [3.05, 3.63) is 101 Å². The van der Waals surface area contributed by atoms with E-state index in [4.69, 9.17) is 30.5 Å². The summed E-state index contributed by atoms with van der Waals surface area (Å²) in [6.45, 7) is 1.88. The minimum Gasteiger partial charge on any atom is -0.478 e. The van der Waals surface area contributed by atoms with E-state index in [1.807, 2.05) is 0 Å². The maximum atomic E-state index is 15.0. The molecule has 0 aliphatic rings. The Kier molecular flexibility index (Phi) is 15.2. The average Bonchev–Trinajstić information content (AvgIpc) is 3.67. The highest BCUT2D eigenvalue weighted by Crippen LogP contribution is 2.25. The lowest BCUT2D eigenvalue weighted by Gasteiger charge is -2.18. The quantitative estimate of drug-likeness (QED) is 0.0802. The first-order chi connectivity index (χ1) is 25.1. The van der Waals surface area contributed by atoms with Gasteiger partial charge in [0.25, 0.3) is 0 Å². The molecule has 0 aliphatic heterocycles. The molecule has 0 bridgehead atoms. The molecular weight excluding hydrogens is 705 g/mol. The van der Waals surface area contributed by atoms with Crippen LogP contribution in [0, 0.1) is 5.82 Å². The van der Waals surface area contributed by atoms with Gasteiger partial charge in [0.2, 0.25) is 11.8 Å². The van der Waals surface area contributed by atoms with E-state index >= 15 is 4.39 Å². The fourth-order valence-electron chi connectivity index (χ4n) is 4.47. The van der Waals surface area contributed by atoms with Gasteiger partial charge in [-0.15, -0.1) is 5.10 Å². The predicted octanol–water partition coefficient (Wildman–Crippen LogP) is 3.76. The van der Waals surface area contributed by atoms with Gasteiger partial charge in [0.05, 0.1) is 49.3 Å². The second kappa shape index (κ2) is 20.2. The van der Waals surface area contributed by atoms with Gasteiger partial charge < -0.3 is 34.7 Å². The number of aromatic nitrogens is 4. The number of carbonyl (C=O) groups is 4. The Labute approximate surface area is 301 Å². The van der Waals surface area contributed by atoms with Crippen LogP contribution >= 0.6 is 11.6 Å². The van der Waals surface area contributed by atoms with Crippen LogP contribution in [0.3, 0.4) is 0 Å². The van der Waals surface area contributed by atoms with Crippen LogP contribution < -0.4 is 16.0 Å². The number of methoxy groups -OCH3 is 1. The van der Waals surface area contributed by atoms with Gasteiger partial charge in [0.1, 0.15) is 19.0 Å². The van der Waals surface area contributed by atoms with Gasteiger partial charge in [-0.25, -0.2) is 14.0 Å². The standard InChI is InChI=1S/C34H35ClFN7O9/c1-49-14-15-50-16-17-51-18-19-52-34(48)39-25-6-2-22(3-7-25)20-28(32(45)38-24-8-4-23(5-9-24)33(46)47)40-30(44)13-10-26-29(43-21-37-41-42-43)12-11-27(35)31(26)36/h2-13,21,28H,14-20H2,1H3,(H,38,45)(H,39,48)(H,40,44)(H,46,47)/b13-10+/t28-/m0/s1. The van der Waals surface area contributed by atoms with E-state index in [0.717, 1.165) is 6.08 Å². The summed E-state index contributed by atoms with van der Waals surface area (Å²) >= 11 is 5.98. The molecule has 4 N–H and O–H groups in total. The van der Waals surface area contributed by atoms with Crippen molar-refractivity contribution in [3.63, 3.8) is 0 Å². The molecule has 0 spiro atoms. The molecule has 0 fully saturated rings. The number of amides is 3. The van der Waals surface area contributed by atoms with Gasteiger partial charge in [0, 0.05) is 36.5 Å². The molecule has 3 amide bonds. The van der Waals surface area contributed by atoms with Crippen molar-refractivity contribution in [2.24, 2.45) is 0 Å². The molecule has 18 heteroatoms. The molecule has 16 nitrogen and oxygen atoms in total. The van der Waals surface area contributed by atoms with Gasteiger partial charge in [0.15, 0.2) is 5.82 Å². The SMILES string of the molecule is COCCOCCOCCOC(=O)Nc1ccc(C[C@H](NC(=O)/C=C/c2c(-n3cnnn3)ccc(Cl)c2F)C(=O)Nc2ccc(C(=O)O)cc2)cc1. The maximum Gasteiger partial charge on any atom is 0.411 e. The summed E-state index contributed by atoms with van der Waals surface area (Å²) in [7, 11) is 1.58. The molecule has 1 aromatic heterocycles. The van der Waals surface area contributed by atoms with Crippen LogP contribution in [0.1, 0.15) is 21.5 Å². The Morgan fingerprint density at radius 3 is 2.21 bits per heavy atom. The average molecular weight is 740 g/mol. The van der Waals surface area contributed by atoms with Crippen molar-refractivity contribution in [2.75, 3.05) is 57.4 Å². The first kappa shape index (κ1) is 39.0. The van der Waals surface area contributed by atoms with E-state index in [9.17, 15) is 24.3 Å². The molecule has 1 heterocycles. The zero-order chi connectivity index (χ0) is 37.3. The number of carbonyl (C=O) groups excluding carboxylic acids is 3. The summed E-state index contributed by atoms with van der Waals surface area (Å²) in [4.78, 5) is 50.0. The van der Waals surface area contributed by atoms with Crippen molar-refractivity contribution in [1.29, 1.82) is 0 Å². The Hall–Kier alpha value is -5.75. The van der Waals surface area contributed by atoms with E-state index in [1.165, 1.54) is 53.5 Å².